The molecule has 1 atom stereocenters. The number of nitrogens with zero attached hydrogens (tertiary/aromatic N) is 2. The van der Waals surface area contributed by atoms with Crippen LogP contribution in [-0.4, -0.2) is 37.2 Å². The Balaban J connectivity index is 2.23. The van der Waals surface area contributed by atoms with Gasteiger partial charge in [-0.1, -0.05) is 6.07 Å². The molecule has 2 heterocycles. The van der Waals surface area contributed by atoms with Gasteiger partial charge in [0.1, 0.15) is 11.6 Å². The average molecular weight is 345 g/mol. The molecule has 9 nitrogen and oxygen atoms in total. The zero-order valence-corrected chi connectivity index (χ0v) is 14.1. The highest BCUT2D eigenvalue weighted by molar-refractivity contribution is 5.95. The van der Waals surface area contributed by atoms with Gasteiger partial charge in [0.25, 0.3) is 0 Å². The summed E-state index contributed by atoms with van der Waals surface area (Å²) >= 11 is 0. The standard InChI is InChI=1S/C16H19N5O4/c1-23-9-5-4-7(12(24-2)13(9)25-3)8-6-10(22)19-15-11(8)14(17)20-16(18)21-15/h4-5,8H,6H2,1-3H3,(H5,17,18,19,20,21,22). The van der Waals surface area contributed by atoms with E-state index in [-0.39, 0.29) is 24.1 Å². The van der Waals surface area contributed by atoms with Gasteiger partial charge >= 0.3 is 0 Å². The maximum Gasteiger partial charge on any atom is 0.226 e. The number of hydrogen-bond donors (Lipinski definition) is 3. The summed E-state index contributed by atoms with van der Waals surface area (Å²) in [7, 11) is 4.58. The number of aromatic nitrogens is 2. The van der Waals surface area contributed by atoms with Gasteiger partial charge in [-0.25, -0.2) is 0 Å². The number of amides is 1. The molecule has 1 aromatic carbocycles. The van der Waals surface area contributed by atoms with Crippen LogP contribution in [0, 0.1) is 0 Å². The topological polar surface area (TPSA) is 135 Å². The molecular weight excluding hydrogens is 326 g/mol. The second-order valence-electron chi connectivity index (χ2n) is 5.46. The highest BCUT2D eigenvalue weighted by Gasteiger charge is 2.34. The monoisotopic (exact) mass is 345 g/mol. The van der Waals surface area contributed by atoms with Gasteiger partial charge < -0.3 is 31.0 Å². The van der Waals surface area contributed by atoms with Gasteiger partial charge in [0.05, 0.1) is 21.3 Å². The molecule has 9 heteroatoms. The zero-order valence-electron chi connectivity index (χ0n) is 14.1. The van der Waals surface area contributed by atoms with Crippen molar-refractivity contribution in [2.24, 2.45) is 0 Å². The molecule has 0 saturated heterocycles. The van der Waals surface area contributed by atoms with E-state index in [1.165, 1.54) is 21.3 Å². The van der Waals surface area contributed by atoms with E-state index in [1.54, 1.807) is 6.07 Å². The van der Waals surface area contributed by atoms with Crippen molar-refractivity contribution in [2.45, 2.75) is 12.3 Å². The Labute approximate surface area is 144 Å². The van der Waals surface area contributed by atoms with Crippen LogP contribution in [0.2, 0.25) is 0 Å². The van der Waals surface area contributed by atoms with Crippen molar-refractivity contribution in [1.82, 2.24) is 9.97 Å². The number of methoxy groups -OCH3 is 3. The minimum absolute atomic E-state index is 0.00326. The van der Waals surface area contributed by atoms with Crippen molar-refractivity contribution in [3.05, 3.63) is 23.3 Å². The van der Waals surface area contributed by atoms with E-state index in [0.29, 0.717) is 28.6 Å². The summed E-state index contributed by atoms with van der Waals surface area (Å²) in [5.41, 5.74) is 13.0. The molecule has 1 unspecified atom stereocenters. The second-order valence-corrected chi connectivity index (χ2v) is 5.46. The lowest BCUT2D eigenvalue weighted by Gasteiger charge is -2.28. The van der Waals surface area contributed by atoms with Crippen LogP contribution < -0.4 is 31.0 Å². The van der Waals surface area contributed by atoms with Crippen LogP contribution in [0.15, 0.2) is 12.1 Å². The zero-order chi connectivity index (χ0) is 18.1. The molecule has 132 valence electrons. The van der Waals surface area contributed by atoms with E-state index in [1.807, 2.05) is 6.07 Å². The van der Waals surface area contributed by atoms with Crippen molar-refractivity contribution >= 4 is 23.5 Å². The molecule has 1 aromatic heterocycles. The van der Waals surface area contributed by atoms with Crippen LogP contribution in [0.4, 0.5) is 17.6 Å². The second kappa shape index (κ2) is 6.34. The molecule has 0 bridgehead atoms. The number of anilines is 3. The number of hydrogen-bond acceptors (Lipinski definition) is 8. The number of benzene rings is 1. The summed E-state index contributed by atoms with van der Waals surface area (Å²) in [5.74, 6) is 1.33. The number of ether oxygens (including phenoxy) is 3. The molecule has 0 radical (unpaired) electrons. The van der Waals surface area contributed by atoms with Crippen LogP contribution in [0.25, 0.3) is 0 Å². The summed E-state index contributed by atoms with van der Waals surface area (Å²) in [6, 6.07) is 3.56. The Hall–Kier alpha value is -3.23. The van der Waals surface area contributed by atoms with E-state index in [0.717, 1.165) is 5.56 Å². The maximum atomic E-state index is 12.2. The Morgan fingerprint density at radius 1 is 1.08 bits per heavy atom. The molecule has 1 amide bonds. The van der Waals surface area contributed by atoms with Gasteiger partial charge in [0.2, 0.25) is 17.6 Å². The maximum absolute atomic E-state index is 12.2. The minimum Gasteiger partial charge on any atom is -0.493 e. The third kappa shape index (κ3) is 2.73. The van der Waals surface area contributed by atoms with Crippen molar-refractivity contribution < 1.29 is 19.0 Å². The van der Waals surface area contributed by atoms with E-state index in [4.69, 9.17) is 25.7 Å². The number of rotatable bonds is 4. The Bertz CT molecular complexity index is 840. The molecule has 0 spiro atoms. The predicted molar refractivity (Wildman–Crippen MR) is 92.0 cm³/mol. The third-order valence-corrected chi connectivity index (χ3v) is 4.10. The smallest absolute Gasteiger partial charge is 0.226 e. The van der Waals surface area contributed by atoms with Gasteiger partial charge in [-0.2, -0.15) is 9.97 Å². The molecule has 25 heavy (non-hydrogen) atoms. The molecule has 0 aliphatic carbocycles. The Morgan fingerprint density at radius 2 is 1.80 bits per heavy atom. The fourth-order valence-corrected chi connectivity index (χ4v) is 3.08. The van der Waals surface area contributed by atoms with Gasteiger partial charge in [0, 0.05) is 23.5 Å². The highest BCUT2D eigenvalue weighted by atomic mass is 16.5. The lowest BCUT2D eigenvalue weighted by molar-refractivity contribution is -0.116. The average Bonchev–Trinajstić information content (AvgIpc) is 2.58. The number of nitrogens with one attached hydrogen (secondary N) is 1. The third-order valence-electron chi connectivity index (χ3n) is 4.10. The fraction of sp³-hybridized carbons (Fsp3) is 0.312. The first-order chi connectivity index (χ1) is 12.0. The molecule has 1 aliphatic heterocycles. The van der Waals surface area contributed by atoms with Crippen LogP contribution in [0.5, 0.6) is 17.2 Å². The van der Waals surface area contributed by atoms with E-state index in [9.17, 15) is 4.79 Å². The van der Waals surface area contributed by atoms with Crippen molar-refractivity contribution in [3.8, 4) is 17.2 Å². The van der Waals surface area contributed by atoms with Crippen LogP contribution in [0.3, 0.4) is 0 Å². The molecular formula is C16H19N5O4. The lowest BCUT2D eigenvalue weighted by atomic mass is 9.85. The molecule has 5 N–H and O–H groups in total. The predicted octanol–water partition coefficient (Wildman–Crippen LogP) is 1.14. The minimum atomic E-state index is -0.404. The van der Waals surface area contributed by atoms with E-state index < -0.39 is 5.92 Å². The van der Waals surface area contributed by atoms with E-state index in [2.05, 4.69) is 15.3 Å². The molecule has 0 saturated carbocycles. The highest BCUT2D eigenvalue weighted by Crippen LogP contribution is 2.48. The quantitative estimate of drug-likeness (QED) is 0.751. The number of fused-ring (bicyclic) bond motifs is 1. The van der Waals surface area contributed by atoms with Gasteiger partial charge in [0.15, 0.2) is 11.5 Å². The van der Waals surface area contributed by atoms with Crippen LogP contribution in [0.1, 0.15) is 23.5 Å². The normalized spacial score (nSPS) is 16.0. The van der Waals surface area contributed by atoms with Crippen LogP contribution >= 0.6 is 0 Å². The van der Waals surface area contributed by atoms with Crippen molar-refractivity contribution in [1.29, 1.82) is 0 Å². The van der Waals surface area contributed by atoms with Gasteiger partial charge in [-0.3, -0.25) is 4.79 Å². The summed E-state index contributed by atoms with van der Waals surface area (Å²) in [4.78, 5) is 20.3. The first-order valence-corrected chi connectivity index (χ1v) is 7.51. The summed E-state index contributed by atoms with van der Waals surface area (Å²) in [5, 5.41) is 2.68. The largest absolute Gasteiger partial charge is 0.493 e. The van der Waals surface area contributed by atoms with E-state index >= 15 is 0 Å². The van der Waals surface area contributed by atoms with Crippen LogP contribution in [-0.2, 0) is 4.79 Å². The lowest BCUT2D eigenvalue weighted by Crippen LogP contribution is -2.27. The first-order valence-electron chi connectivity index (χ1n) is 7.51. The van der Waals surface area contributed by atoms with Crippen molar-refractivity contribution in [2.75, 3.05) is 38.1 Å². The summed E-state index contributed by atoms with van der Waals surface area (Å²) in [6.07, 6.45) is 0.163. The number of nitrogen functional groups attached to an aromatic ring is 2. The Morgan fingerprint density at radius 3 is 2.44 bits per heavy atom. The SMILES string of the molecule is COc1ccc(C2CC(=O)Nc3nc(N)nc(N)c32)c(OC)c1OC. The summed E-state index contributed by atoms with van der Waals surface area (Å²) in [6.45, 7) is 0. The Kier molecular flexibility index (Phi) is 4.22. The number of nitrogens with two attached hydrogens (primary N) is 2. The molecule has 3 rings (SSSR count). The van der Waals surface area contributed by atoms with Crippen molar-refractivity contribution in [3.63, 3.8) is 0 Å². The number of carbonyl (C=O) groups is 1. The van der Waals surface area contributed by atoms with Gasteiger partial charge in [-0.15, -0.1) is 0 Å². The van der Waals surface area contributed by atoms with Gasteiger partial charge in [-0.05, 0) is 6.07 Å². The number of carbonyl (C=O) groups excluding carboxylic acids is 1. The fourth-order valence-electron chi connectivity index (χ4n) is 3.08. The first kappa shape index (κ1) is 16.6. The molecule has 1 aliphatic rings. The molecule has 2 aromatic rings. The summed E-state index contributed by atoms with van der Waals surface area (Å²) < 4.78 is 16.3. The molecule has 0 fully saturated rings.